The third-order valence-corrected chi connectivity index (χ3v) is 6.93. The van der Waals surface area contributed by atoms with Crippen LogP contribution in [-0.4, -0.2) is 12.2 Å². The van der Waals surface area contributed by atoms with Crippen LogP contribution in [0.4, 0.5) is 0 Å². The molecular formula is C29H56O. The smallest absolute Gasteiger partial charge is 0.0841 e. The lowest BCUT2D eigenvalue weighted by atomic mass is 10.0. The molecule has 0 bridgehead atoms. The van der Waals surface area contributed by atoms with Crippen molar-refractivity contribution in [3.8, 4) is 0 Å². The lowest BCUT2D eigenvalue weighted by Crippen LogP contribution is -1.94. The Labute approximate surface area is 190 Å². The van der Waals surface area contributed by atoms with Gasteiger partial charge in [0, 0.05) is 0 Å². The molecule has 178 valence electrons. The summed E-state index contributed by atoms with van der Waals surface area (Å²) >= 11 is 0. The third kappa shape index (κ3) is 18.5. The number of allylic oxidation sites excluding steroid dienone is 1. The summed E-state index contributed by atoms with van der Waals surface area (Å²) in [5.74, 6) is 0. The van der Waals surface area contributed by atoms with Crippen LogP contribution >= 0.6 is 0 Å². The van der Waals surface area contributed by atoms with Gasteiger partial charge in [-0.1, -0.05) is 141 Å². The van der Waals surface area contributed by atoms with Crippen molar-refractivity contribution in [2.45, 2.75) is 173 Å². The van der Waals surface area contributed by atoms with Gasteiger partial charge in [-0.05, 0) is 25.7 Å². The molecule has 0 aromatic rings. The number of hydrogen-bond acceptors (Lipinski definition) is 1. The van der Waals surface area contributed by atoms with Crippen LogP contribution < -0.4 is 0 Å². The first kappa shape index (κ1) is 27.7. The second-order valence-corrected chi connectivity index (χ2v) is 9.94. The van der Waals surface area contributed by atoms with Gasteiger partial charge < -0.3 is 4.74 Å². The number of ether oxygens (including phenoxy) is 1. The van der Waals surface area contributed by atoms with Gasteiger partial charge in [-0.15, -0.1) is 6.58 Å². The van der Waals surface area contributed by atoms with E-state index in [9.17, 15) is 0 Å². The van der Waals surface area contributed by atoms with Gasteiger partial charge in [0.25, 0.3) is 0 Å². The summed E-state index contributed by atoms with van der Waals surface area (Å²) in [5, 5.41) is 0. The predicted octanol–water partition coefficient (Wildman–Crippen LogP) is 10.3. The Bertz CT molecular complexity index is 350. The SMILES string of the molecule is C=CCCCCCCCCCCCCCCCCCC1OC1CCCCCCCC. The van der Waals surface area contributed by atoms with Crippen LogP contribution in [0.5, 0.6) is 0 Å². The molecule has 2 atom stereocenters. The highest BCUT2D eigenvalue weighted by atomic mass is 16.6. The van der Waals surface area contributed by atoms with Gasteiger partial charge in [0.05, 0.1) is 12.2 Å². The van der Waals surface area contributed by atoms with Gasteiger partial charge in [-0.3, -0.25) is 0 Å². The molecule has 0 aliphatic carbocycles. The van der Waals surface area contributed by atoms with Crippen LogP contribution in [0.25, 0.3) is 0 Å². The lowest BCUT2D eigenvalue weighted by Gasteiger charge is -2.03. The number of hydrogen-bond donors (Lipinski definition) is 0. The zero-order valence-corrected chi connectivity index (χ0v) is 20.8. The van der Waals surface area contributed by atoms with E-state index in [2.05, 4.69) is 19.6 Å². The standard InChI is InChI=1S/C29H56O/c1-3-5-7-9-11-12-13-14-15-16-17-18-19-20-21-23-25-27-29-28(30-29)26-24-22-10-8-6-4-2/h3,28-29H,1,4-27H2,2H3. The number of unbranched alkanes of at least 4 members (excludes halogenated alkanes) is 20. The molecule has 0 radical (unpaired) electrons. The molecule has 0 N–H and O–H groups in total. The van der Waals surface area contributed by atoms with Crippen LogP contribution in [0.1, 0.15) is 161 Å². The summed E-state index contributed by atoms with van der Waals surface area (Å²) in [5.41, 5.74) is 0. The normalized spacial score (nSPS) is 18.0. The van der Waals surface area contributed by atoms with Crippen molar-refractivity contribution in [1.82, 2.24) is 0 Å². The van der Waals surface area contributed by atoms with Crippen LogP contribution in [0.2, 0.25) is 0 Å². The van der Waals surface area contributed by atoms with E-state index in [-0.39, 0.29) is 0 Å². The fourth-order valence-corrected chi connectivity index (χ4v) is 4.75. The maximum absolute atomic E-state index is 5.87. The first-order valence-corrected chi connectivity index (χ1v) is 14.1. The second-order valence-electron chi connectivity index (χ2n) is 9.94. The maximum Gasteiger partial charge on any atom is 0.0841 e. The van der Waals surface area contributed by atoms with Gasteiger partial charge in [0.1, 0.15) is 0 Å². The molecule has 1 saturated heterocycles. The Morgan fingerprint density at radius 3 is 1.20 bits per heavy atom. The monoisotopic (exact) mass is 420 g/mol. The predicted molar refractivity (Wildman–Crippen MR) is 135 cm³/mol. The van der Waals surface area contributed by atoms with E-state index in [1.165, 1.54) is 154 Å². The Hall–Kier alpha value is -0.300. The molecule has 2 unspecified atom stereocenters. The van der Waals surface area contributed by atoms with E-state index >= 15 is 0 Å². The van der Waals surface area contributed by atoms with E-state index in [1.54, 1.807) is 0 Å². The Morgan fingerprint density at radius 2 is 0.833 bits per heavy atom. The topological polar surface area (TPSA) is 12.5 Å². The molecule has 1 rings (SSSR count). The van der Waals surface area contributed by atoms with E-state index < -0.39 is 0 Å². The van der Waals surface area contributed by atoms with E-state index in [0.717, 1.165) is 0 Å². The second kappa shape index (κ2) is 21.9. The highest BCUT2D eigenvalue weighted by Gasteiger charge is 2.36. The summed E-state index contributed by atoms with van der Waals surface area (Å²) < 4.78 is 5.87. The van der Waals surface area contributed by atoms with Crippen LogP contribution in [0.15, 0.2) is 12.7 Å². The quantitative estimate of drug-likeness (QED) is 0.0812. The van der Waals surface area contributed by atoms with Crippen LogP contribution in [0, 0.1) is 0 Å². The van der Waals surface area contributed by atoms with Crippen LogP contribution in [0.3, 0.4) is 0 Å². The number of epoxide rings is 1. The van der Waals surface area contributed by atoms with E-state index in [1.807, 2.05) is 0 Å². The van der Waals surface area contributed by atoms with Crippen molar-refractivity contribution in [3.63, 3.8) is 0 Å². The molecule has 1 heterocycles. The molecule has 1 nitrogen and oxygen atoms in total. The summed E-state index contributed by atoms with van der Waals surface area (Å²) in [4.78, 5) is 0. The van der Waals surface area contributed by atoms with E-state index in [4.69, 9.17) is 4.74 Å². The van der Waals surface area contributed by atoms with Gasteiger partial charge >= 0.3 is 0 Å². The number of rotatable bonds is 25. The Balaban J connectivity index is 1.67. The van der Waals surface area contributed by atoms with Gasteiger partial charge in [-0.2, -0.15) is 0 Å². The zero-order valence-electron chi connectivity index (χ0n) is 20.8. The molecule has 0 spiro atoms. The van der Waals surface area contributed by atoms with Crippen molar-refractivity contribution in [3.05, 3.63) is 12.7 Å². The van der Waals surface area contributed by atoms with Gasteiger partial charge in [0.15, 0.2) is 0 Å². The molecule has 0 aromatic heterocycles. The zero-order chi connectivity index (χ0) is 21.5. The largest absolute Gasteiger partial charge is 0.370 e. The Morgan fingerprint density at radius 1 is 0.500 bits per heavy atom. The minimum absolute atomic E-state index is 0.632. The van der Waals surface area contributed by atoms with Crippen molar-refractivity contribution in [1.29, 1.82) is 0 Å². The minimum Gasteiger partial charge on any atom is -0.370 e. The van der Waals surface area contributed by atoms with Gasteiger partial charge in [-0.25, -0.2) is 0 Å². The third-order valence-electron chi connectivity index (χ3n) is 6.93. The average Bonchev–Trinajstić information content (AvgIpc) is 3.51. The Kier molecular flexibility index (Phi) is 20.3. The summed E-state index contributed by atoms with van der Waals surface area (Å²) in [6.45, 7) is 6.08. The van der Waals surface area contributed by atoms with Crippen molar-refractivity contribution >= 4 is 0 Å². The van der Waals surface area contributed by atoms with Crippen molar-refractivity contribution in [2.24, 2.45) is 0 Å². The molecule has 1 heteroatoms. The summed E-state index contributed by atoms with van der Waals surface area (Å²) in [6, 6.07) is 0. The lowest BCUT2D eigenvalue weighted by molar-refractivity contribution is 0.347. The first-order chi connectivity index (χ1) is 14.9. The molecule has 0 aromatic carbocycles. The van der Waals surface area contributed by atoms with Crippen LogP contribution in [-0.2, 0) is 4.74 Å². The molecule has 1 fully saturated rings. The van der Waals surface area contributed by atoms with Crippen molar-refractivity contribution < 1.29 is 4.74 Å². The highest BCUT2D eigenvalue weighted by molar-refractivity contribution is 4.84. The highest BCUT2D eigenvalue weighted by Crippen LogP contribution is 2.31. The maximum atomic E-state index is 5.87. The fourth-order valence-electron chi connectivity index (χ4n) is 4.75. The summed E-state index contributed by atoms with van der Waals surface area (Å²) in [6.07, 6.45) is 37.2. The summed E-state index contributed by atoms with van der Waals surface area (Å²) in [7, 11) is 0. The first-order valence-electron chi connectivity index (χ1n) is 14.1. The minimum atomic E-state index is 0.632. The average molecular weight is 421 g/mol. The molecular weight excluding hydrogens is 364 g/mol. The molecule has 0 amide bonds. The molecule has 1 aliphatic rings. The molecule has 1 aliphatic heterocycles. The van der Waals surface area contributed by atoms with Gasteiger partial charge in [0.2, 0.25) is 0 Å². The fraction of sp³-hybridized carbons (Fsp3) is 0.931. The molecule has 0 saturated carbocycles. The van der Waals surface area contributed by atoms with Crippen molar-refractivity contribution in [2.75, 3.05) is 0 Å². The van der Waals surface area contributed by atoms with E-state index in [0.29, 0.717) is 12.2 Å². The molecule has 30 heavy (non-hydrogen) atoms.